The number of rotatable bonds is 5. The standard InChI is InChI=1S/C17H19F3N6/c1-8-6-11(8)22-15-24-14(25-16(26-15)23-12-7-9(12)2)10-4-3-5-13(21-10)17(18,19)20/h3-5,8-9,11-12H,6-7H2,1-2H3,(H2,22,23,24,25,26). The van der Waals surface area contributed by atoms with Gasteiger partial charge in [-0.2, -0.15) is 28.1 Å². The van der Waals surface area contributed by atoms with Crippen LogP contribution in [0.2, 0.25) is 0 Å². The van der Waals surface area contributed by atoms with Crippen LogP contribution in [0.3, 0.4) is 0 Å². The molecule has 2 aliphatic carbocycles. The summed E-state index contributed by atoms with van der Waals surface area (Å²) in [6.45, 7) is 4.22. The summed E-state index contributed by atoms with van der Waals surface area (Å²) in [5.74, 6) is 1.90. The molecule has 0 aromatic carbocycles. The predicted molar refractivity (Wildman–Crippen MR) is 90.4 cm³/mol. The summed E-state index contributed by atoms with van der Waals surface area (Å²) in [5.41, 5.74) is -0.896. The molecule has 2 aliphatic rings. The lowest BCUT2D eigenvalue weighted by molar-refractivity contribution is -0.141. The van der Waals surface area contributed by atoms with E-state index in [1.54, 1.807) is 0 Å². The Hall–Kier alpha value is -2.45. The number of aromatic nitrogens is 4. The molecule has 0 amide bonds. The van der Waals surface area contributed by atoms with Crippen molar-refractivity contribution in [1.82, 2.24) is 19.9 Å². The maximum absolute atomic E-state index is 12.9. The molecule has 0 aliphatic heterocycles. The SMILES string of the molecule is CC1CC1Nc1nc(NC2CC2C)nc(-c2cccc(C(F)(F)F)n2)n1. The highest BCUT2D eigenvalue weighted by atomic mass is 19.4. The van der Waals surface area contributed by atoms with Gasteiger partial charge in [-0.1, -0.05) is 19.9 Å². The lowest BCUT2D eigenvalue weighted by Crippen LogP contribution is -2.14. The molecular weight excluding hydrogens is 345 g/mol. The molecule has 4 unspecified atom stereocenters. The van der Waals surface area contributed by atoms with Gasteiger partial charge in [-0.15, -0.1) is 0 Å². The molecule has 138 valence electrons. The molecule has 2 heterocycles. The molecule has 0 saturated heterocycles. The number of pyridine rings is 1. The van der Waals surface area contributed by atoms with Crippen molar-refractivity contribution in [2.75, 3.05) is 10.6 Å². The van der Waals surface area contributed by atoms with Gasteiger partial charge in [0.05, 0.1) is 0 Å². The van der Waals surface area contributed by atoms with Gasteiger partial charge in [0.25, 0.3) is 0 Å². The molecule has 26 heavy (non-hydrogen) atoms. The van der Waals surface area contributed by atoms with Crippen LogP contribution in [0.25, 0.3) is 11.5 Å². The van der Waals surface area contributed by atoms with Gasteiger partial charge in [0.15, 0.2) is 5.82 Å². The molecular formula is C17H19F3N6. The van der Waals surface area contributed by atoms with Crippen molar-refractivity contribution >= 4 is 11.9 Å². The highest BCUT2D eigenvalue weighted by Gasteiger charge is 2.36. The van der Waals surface area contributed by atoms with Crippen LogP contribution >= 0.6 is 0 Å². The van der Waals surface area contributed by atoms with E-state index in [9.17, 15) is 13.2 Å². The fourth-order valence-corrected chi connectivity index (χ4v) is 2.71. The Morgan fingerprint density at radius 3 is 1.88 bits per heavy atom. The molecule has 2 N–H and O–H groups in total. The molecule has 6 nitrogen and oxygen atoms in total. The monoisotopic (exact) mass is 364 g/mol. The van der Waals surface area contributed by atoms with Crippen LogP contribution in [0.4, 0.5) is 25.1 Å². The zero-order chi connectivity index (χ0) is 18.5. The molecule has 9 heteroatoms. The van der Waals surface area contributed by atoms with Gasteiger partial charge in [-0.05, 0) is 36.8 Å². The maximum Gasteiger partial charge on any atom is 0.433 e. The van der Waals surface area contributed by atoms with E-state index in [0.717, 1.165) is 18.9 Å². The normalized spacial score (nSPS) is 27.1. The van der Waals surface area contributed by atoms with Crippen molar-refractivity contribution in [3.8, 4) is 11.5 Å². The fourth-order valence-electron chi connectivity index (χ4n) is 2.71. The predicted octanol–water partition coefficient (Wildman–Crippen LogP) is 3.59. The summed E-state index contributed by atoms with van der Waals surface area (Å²) in [6.07, 6.45) is -2.48. The molecule has 0 spiro atoms. The molecule has 2 aromatic heterocycles. The van der Waals surface area contributed by atoms with E-state index in [1.807, 2.05) is 0 Å². The van der Waals surface area contributed by atoms with Gasteiger partial charge in [-0.25, -0.2) is 4.98 Å². The van der Waals surface area contributed by atoms with E-state index in [4.69, 9.17) is 0 Å². The van der Waals surface area contributed by atoms with Gasteiger partial charge >= 0.3 is 6.18 Å². The summed E-state index contributed by atoms with van der Waals surface area (Å²) >= 11 is 0. The highest BCUT2D eigenvalue weighted by molar-refractivity contribution is 5.54. The van der Waals surface area contributed by atoms with Crippen LogP contribution in [-0.2, 0) is 6.18 Å². The Bertz CT molecular complexity index is 788. The topological polar surface area (TPSA) is 75.6 Å². The smallest absolute Gasteiger partial charge is 0.351 e. The Morgan fingerprint density at radius 2 is 1.42 bits per heavy atom. The van der Waals surface area contributed by atoms with Crippen LogP contribution < -0.4 is 10.6 Å². The summed E-state index contributed by atoms with van der Waals surface area (Å²) in [5, 5.41) is 6.43. The van der Waals surface area contributed by atoms with Crippen molar-refractivity contribution in [3.63, 3.8) is 0 Å². The number of anilines is 2. The highest BCUT2D eigenvalue weighted by Crippen LogP contribution is 2.34. The Kier molecular flexibility index (Phi) is 3.96. The molecule has 2 aromatic rings. The first-order valence-electron chi connectivity index (χ1n) is 8.63. The lowest BCUT2D eigenvalue weighted by Gasteiger charge is -2.11. The number of nitrogens with one attached hydrogen (secondary N) is 2. The van der Waals surface area contributed by atoms with Gasteiger partial charge in [0.2, 0.25) is 11.9 Å². The minimum absolute atomic E-state index is 0.0704. The van der Waals surface area contributed by atoms with Gasteiger partial charge in [-0.3, -0.25) is 0 Å². The summed E-state index contributed by atoms with van der Waals surface area (Å²) < 4.78 is 38.8. The zero-order valence-corrected chi connectivity index (χ0v) is 14.4. The molecule has 0 bridgehead atoms. The van der Waals surface area contributed by atoms with Crippen LogP contribution in [-0.4, -0.2) is 32.0 Å². The van der Waals surface area contributed by atoms with E-state index in [1.165, 1.54) is 12.1 Å². The van der Waals surface area contributed by atoms with Crippen molar-refractivity contribution in [3.05, 3.63) is 23.9 Å². The Balaban J connectivity index is 1.67. The quantitative estimate of drug-likeness (QED) is 0.844. The molecule has 0 radical (unpaired) electrons. The summed E-state index contributed by atoms with van der Waals surface area (Å²) in [4.78, 5) is 16.6. The second-order valence-electron chi connectivity index (χ2n) is 7.14. The molecule has 2 saturated carbocycles. The number of hydrogen-bond acceptors (Lipinski definition) is 6. The zero-order valence-electron chi connectivity index (χ0n) is 14.4. The van der Waals surface area contributed by atoms with Crippen molar-refractivity contribution in [2.45, 2.75) is 44.9 Å². The van der Waals surface area contributed by atoms with Gasteiger partial charge < -0.3 is 10.6 Å². The minimum Gasteiger partial charge on any atom is -0.351 e. The minimum atomic E-state index is -4.52. The second-order valence-corrected chi connectivity index (χ2v) is 7.14. The third-order valence-electron chi connectivity index (χ3n) is 4.75. The number of halogens is 3. The van der Waals surface area contributed by atoms with Crippen molar-refractivity contribution in [2.24, 2.45) is 11.8 Å². The van der Waals surface area contributed by atoms with E-state index in [2.05, 4.69) is 44.4 Å². The van der Waals surface area contributed by atoms with Crippen LogP contribution in [0, 0.1) is 11.8 Å². The van der Waals surface area contributed by atoms with Crippen molar-refractivity contribution < 1.29 is 13.2 Å². The van der Waals surface area contributed by atoms with E-state index >= 15 is 0 Å². The first-order chi connectivity index (χ1) is 12.3. The van der Waals surface area contributed by atoms with Crippen molar-refractivity contribution in [1.29, 1.82) is 0 Å². The average Bonchev–Trinajstić information content (AvgIpc) is 3.47. The van der Waals surface area contributed by atoms with E-state index in [0.29, 0.717) is 23.7 Å². The summed E-state index contributed by atoms with van der Waals surface area (Å²) in [7, 11) is 0. The number of hydrogen-bond donors (Lipinski definition) is 2. The van der Waals surface area contributed by atoms with Gasteiger partial charge in [0.1, 0.15) is 11.4 Å². The van der Waals surface area contributed by atoms with Gasteiger partial charge in [0, 0.05) is 12.1 Å². The summed E-state index contributed by atoms with van der Waals surface area (Å²) in [6, 6.07) is 4.28. The second kappa shape index (κ2) is 6.07. The number of alkyl halides is 3. The molecule has 2 fully saturated rings. The lowest BCUT2D eigenvalue weighted by atomic mass is 10.3. The molecule has 4 atom stereocenters. The van der Waals surface area contributed by atoms with Crippen LogP contribution in [0.5, 0.6) is 0 Å². The van der Waals surface area contributed by atoms with Crippen LogP contribution in [0.15, 0.2) is 18.2 Å². The number of nitrogens with zero attached hydrogens (tertiary/aromatic N) is 4. The third kappa shape index (κ3) is 3.71. The first-order valence-corrected chi connectivity index (χ1v) is 8.63. The maximum atomic E-state index is 12.9. The van der Waals surface area contributed by atoms with Crippen LogP contribution in [0.1, 0.15) is 32.4 Å². The van der Waals surface area contributed by atoms with E-state index < -0.39 is 11.9 Å². The third-order valence-corrected chi connectivity index (χ3v) is 4.75. The fraction of sp³-hybridized carbons (Fsp3) is 0.529. The first kappa shape index (κ1) is 17.0. The Morgan fingerprint density at radius 1 is 0.885 bits per heavy atom. The largest absolute Gasteiger partial charge is 0.433 e. The average molecular weight is 364 g/mol. The Labute approximate surface area is 148 Å². The molecule has 4 rings (SSSR count). The van der Waals surface area contributed by atoms with E-state index in [-0.39, 0.29) is 23.6 Å².